The second-order valence-corrected chi connectivity index (χ2v) is 6.66. The first-order chi connectivity index (χ1) is 10.2. The van der Waals surface area contributed by atoms with Crippen LogP contribution in [0.3, 0.4) is 0 Å². The van der Waals surface area contributed by atoms with Gasteiger partial charge in [0.1, 0.15) is 0 Å². The number of rotatable bonds is 7. The summed E-state index contributed by atoms with van der Waals surface area (Å²) >= 11 is 0. The van der Waals surface area contributed by atoms with Crippen LogP contribution in [0.5, 0.6) is 0 Å². The lowest BCUT2D eigenvalue weighted by molar-refractivity contribution is 0.0980. The molecule has 1 fully saturated rings. The van der Waals surface area contributed by atoms with E-state index in [9.17, 15) is 4.79 Å². The van der Waals surface area contributed by atoms with E-state index < -0.39 is 0 Å². The van der Waals surface area contributed by atoms with Crippen LogP contribution in [0.4, 0.5) is 0 Å². The molecule has 0 aromatic heterocycles. The van der Waals surface area contributed by atoms with Crippen molar-refractivity contribution < 1.29 is 4.79 Å². The van der Waals surface area contributed by atoms with Crippen molar-refractivity contribution in [2.45, 2.75) is 77.6 Å². The molecule has 0 aliphatic heterocycles. The number of benzene rings is 1. The van der Waals surface area contributed by atoms with Gasteiger partial charge in [0, 0.05) is 12.0 Å². The van der Waals surface area contributed by atoms with Gasteiger partial charge in [-0.2, -0.15) is 0 Å². The standard InChI is InChI=1S/C20H30O/c1-3-5-7-20(21)19-14-12-18(13-15-19)17-10-8-16(6-4-2)9-11-17/h12-17H,3-11H2,1-2H3. The van der Waals surface area contributed by atoms with Crippen molar-refractivity contribution in [1.29, 1.82) is 0 Å². The van der Waals surface area contributed by atoms with E-state index in [0.717, 1.165) is 30.2 Å². The molecule has 21 heavy (non-hydrogen) atoms. The molecular weight excluding hydrogens is 256 g/mol. The fourth-order valence-corrected chi connectivity index (χ4v) is 3.62. The summed E-state index contributed by atoms with van der Waals surface area (Å²) < 4.78 is 0. The summed E-state index contributed by atoms with van der Waals surface area (Å²) in [6.07, 6.45) is 10.9. The van der Waals surface area contributed by atoms with Gasteiger partial charge in [-0.25, -0.2) is 0 Å². The number of Topliss-reactive ketones (excluding diaryl/α,β-unsaturated/α-hetero) is 1. The van der Waals surface area contributed by atoms with E-state index in [4.69, 9.17) is 0 Å². The first-order valence-electron chi connectivity index (χ1n) is 8.87. The molecule has 1 aromatic carbocycles. The van der Waals surface area contributed by atoms with E-state index in [0.29, 0.717) is 12.2 Å². The van der Waals surface area contributed by atoms with Crippen LogP contribution in [0.15, 0.2) is 24.3 Å². The van der Waals surface area contributed by atoms with Gasteiger partial charge in [-0.15, -0.1) is 0 Å². The summed E-state index contributed by atoms with van der Waals surface area (Å²) in [5, 5.41) is 0. The summed E-state index contributed by atoms with van der Waals surface area (Å²) in [5.74, 6) is 1.98. The van der Waals surface area contributed by atoms with Gasteiger partial charge in [0.25, 0.3) is 0 Å². The van der Waals surface area contributed by atoms with Crippen molar-refractivity contribution in [2.24, 2.45) is 5.92 Å². The molecule has 0 saturated heterocycles. The second kappa shape index (κ2) is 8.36. The van der Waals surface area contributed by atoms with Crippen LogP contribution in [0.25, 0.3) is 0 Å². The molecule has 0 atom stereocenters. The van der Waals surface area contributed by atoms with Crippen LogP contribution in [0.1, 0.15) is 93.5 Å². The summed E-state index contributed by atoms with van der Waals surface area (Å²) in [5.41, 5.74) is 2.34. The van der Waals surface area contributed by atoms with Gasteiger partial charge >= 0.3 is 0 Å². The Labute approximate surface area is 130 Å². The fraction of sp³-hybridized carbons (Fsp3) is 0.650. The third-order valence-corrected chi connectivity index (χ3v) is 5.01. The van der Waals surface area contributed by atoms with Crippen LogP contribution in [-0.2, 0) is 0 Å². The van der Waals surface area contributed by atoms with Gasteiger partial charge in [0.05, 0.1) is 0 Å². The first kappa shape index (κ1) is 16.3. The summed E-state index contributed by atoms with van der Waals surface area (Å²) in [6, 6.07) is 8.49. The minimum atomic E-state index is 0.301. The number of hydrogen-bond acceptors (Lipinski definition) is 1. The molecule has 0 amide bonds. The fourth-order valence-electron chi connectivity index (χ4n) is 3.62. The summed E-state index contributed by atoms with van der Waals surface area (Å²) in [4.78, 5) is 12.0. The van der Waals surface area contributed by atoms with E-state index in [-0.39, 0.29) is 0 Å². The summed E-state index contributed by atoms with van der Waals surface area (Å²) in [6.45, 7) is 4.42. The monoisotopic (exact) mass is 286 g/mol. The maximum absolute atomic E-state index is 12.0. The van der Waals surface area contributed by atoms with Crippen LogP contribution in [0.2, 0.25) is 0 Å². The smallest absolute Gasteiger partial charge is 0.162 e. The molecule has 1 nitrogen and oxygen atoms in total. The molecule has 1 heteroatoms. The highest BCUT2D eigenvalue weighted by atomic mass is 16.1. The van der Waals surface area contributed by atoms with Crippen LogP contribution < -0.4 is 0 Å². The lowest BCUT2D eigenvalue weighted by Gasteiger charge is -2.28. The Kier molecular flexibility index (Phi) is 6.48. The molecule has 0 radical (unpaired) electrons. The molecular formula is C20H30O. The Balaban J connectivity index is 1.89. The van der Waals surface area contributed by atoms with Crippen molar-refractivity contribution in [3.8, 4) is 0 Å². The molecule has 0 unspecified atom stereocenters. The van der Waals surface area contributed by atoms with Gasteiger partial charge in [-0.05, 0) is 49.5 Å². The lowest BCUT2D eigenvalue weighted by Crippen LogP contribution is -2.13. The SMILES string of the molecule is CCCCC(=O)c1ccc(C2CCC(CCC)CC2)cc1. The van der Waals surface area contributed by atoms with E-state index in [1.807, 2.05) is 12.1 Å². The summed E-state index contributed by atoms with van der Waals surface area (Å²) in [7, 11) is 0. The van der Waals surface area contributed by atoms with Crippen molar-refractivity contribution in [2.75, 3.05) is 0 Å². The number of carbonyl (C=O) groups excluding carboxylic acids is 1. The van der Waals surface area contributed by atoms with Crippen LogP contribution in [0, 0.1) is 5.92 Å². The van der Waals surface area contributed by atoms with Gasteiger partial charge in [0.15, 0.2) is 5.78 Å². The van der Waals surface area contributed by atoms with Crippen molar-refractivity contribution in [1.82, 2.24) is 0 Å². The average molecular weight is 286 g/mol. The predicted molar refractivity (Wildman–Crippen MR) is 89.9 cm³/mol. The third kappa shape index (κ3) is 4.69. The van der Waals surface area contributed by atoms with Gasteiger partial charge < -0.3 is 0 Å². The zero-order chi connectivity index (χ0) is 15.1. The Morgan fingerprint density at radius 3 is 2.24 bits per heavy atom. The number of hydrogen-bond donors (Lipinski definition) is 0. The number of carbonyl (C=O) groups is 1. The minimum absolute atomic E-state index is 0.301. The highest BCUT2D eigenvalue weighted by Gasteiger charge is 2.21. The molecule has 1 saturated carbocycles. The Morgan fingerprint density at radius 2 is 1.67 bits per heavy atom. The van der Waals surface area contributed by atoms with Crippen LogP contribution >= 0.6 is 0 Å². The second-order valence-electron chi connectivity index (χ2n) is 6.66. The molecule has 0 bridgehead atoms. The first-order valence-corrected chi connectivity index (χ1v) is 8.87. The highest BCUT2D eigenvalue weighted by molar-refractivity contribution is 5.96. The number of ketones is 1. The maximum atomic E-state index is 12.0. The van der Waals surface area contributed by atoms with Crippen molar-refractivity contribution >= 4 is 5.78 Å². The van der Waals surface area contributed by atoms with Gasteiger partial charge in [-0.3, -0.25) is 4.79 Å². The van der Waals surface area contributed by atoms with Gasteiger partial charge in [-0.1, -0.05) is 57.4 Å². The van der Waals surface area contributed by atoms with E-state index in [2.05, 4.69) is 26.0 Å². The van der Waals surface area contributed by atoms with Crippen molar-refractivity contribution in [3.05, 3.63) is 35.4 Å². The molecule has 1 aliphatic carbocycles. The van der Waals surface area contributed by atoms with Gasteiger partial charge in [0.2, 0.25) is 0 Å². The molecule has 116 valence electrons. The maximum Gasteiger partial charge on any atom is 0.162 e. The Bertz CT molecular complexity index is 424. The zero-order valence-electron chi connectivity index (χ0n) is 13.7. The minimum Gasteiger partial charge on any atom is -0.294 e. The largest absolute Gasteiger partial charge is 0.294 e. The average Bonchev–Trinajstić information content (AvgIpc) is 2.54. The Hall–Kier alpha value is -1.11. The molecule has 1 aliphatic rings. The third-order valence-electron chi connectivity index (χ3n) is 5.01. The van der Waals surface area contributed by atoms with E-state index in [1.165, 1.54) is 44.1 Å². The Morgan fingerprint density at radius 1 is 1.00 bits per heavy atom. The molecule has 0 N–H and O–H groups in total. The normalized spacial score (nSPS) is 22.2. The molecule has 0 spiro atoms. The van der Waals surface area contributed by atoms with E-state index >= 15 is 0 Å². The van der Waals surface area contributed by atoms with Crippen LogP contribution in [-0.4, -0.2) is 5.78 Å². The quantitative estimate of drug-likeness (QED) is 0.551. The van der Waals surface area contributed by atoms with E-state index in [1.54, 1.807) is 0 Å². The topological polar surface area (TPSA) is 17.1 Å². The molecule has 1 aromatic rings. The number of unbranched alkanes of at least 4 members (excludes halogenated alkanes) is 1. The highest BCUT2D eigenvalue weighted by Crippen LogP contribution is 2.37. The lowest BCUT2D eigenvalue weighted by atomic mass is 9.77. The zero-order valence-corrected chi connectivity index (χ0v) is 13.7. The molecule has 0 heterocycles. The molecule has 2 rings (SSSR count). The van der Waals surface area contributed by atoms with Crippen molar-refractivity contribution in [3.63, 3.8) is 0 Å². The predicted octanol–water partition coefficient (Wildman–Crippen LogP) is 6.13.